The van der Waals surface area contributed by atoms with Gasteiger partial charge in [0, 0.05) is 51.2 Å². The second kappa shape index (κ2) is 7.19. The Bertz CT molecular complexity index is 613. The lowest BCUT2D eigenvalue weighted by molar-refractivity contribution is -0.133. The molecule has 2 saturated carbocycles. The first kappa shape index (κ1) is 18.7. The van der Waals surface area contributed by atoms with Gasteiger partial charge in [0.1, 0.15) is 0 Å². The molecular formula is C22H35N3O3. The van der Waals surface area contributed by atoms with Crippen molar-refractivity contribution in [2.24, 2.45) is 23.2 Å². The molecule has 28 heavy (non-hydrogen) atoms. The fourth-order valence-corrected chi connectivity index (χ4v) is 6.56. The molecule has 0 radical (unpaired) electrons. The number of carbonyl (C=O) groups excluding carboxylic acids is 2. The molecule has 3 aliphatic heterocycles. The molecule has 2 aliphatic carbocycles. The maximum atomic E-state index is 12.9. The van der Waals surface area contributed by atoms with Gasteiger partial charge in [0.25, 0.3) is 0 Å². The Labute approximate surface area is 168 Å². The van der Waals surface area contributed by atoms with Crippen LogP contribution in [-0.4, -0.2) is 78.6 Å². The van der Waals surface area contributed by atoms with Crippen LogP contribution in [0.2, 0.25) is 0 Å². The molecule has 5 fully saturated rings. The third-order valence-electron chi connectivity index (χ3n) is 8.24. The lowest BCUT2D eigenvalue weighted by Gasteiger charge is -2.49. The van der Waals surface area contributed by atoms with Crippen molar-refractivity contribution in [1.82, 2.24) is 14.7 Å². The van der Waals surface area contributed by atoms with Crippen molar-refractivity contribution in [3.05, 3.63) is 0 Å². The Hall–Kier alpha value is -1.30. The topological polar surface area (TPSA) is 53.1 Å². The summed E-state index contributed by atoms with van der Waals surface area (Å²) in [6.07, 6.45) is 8.36. The van der Waals surface area contributed by atoms with E-state index in [2.05, 4.69) is 9.80 Å². The molecule has 0 aromatic rings. The van der Waals surface area contributed by atoms with Crippen LogP contribution < -0.4 is 0 Å². The fraction of sp³-hybridized carbons (Fsp3) is 0.909. The molecule has 3 atom stereocenters. The number of hydrogen-bond donors (Lipinski definition) is 0. The third kappa shape index (κ3) is 3.21. The van der Waals surface area contributed by atoms with Gasteiger partial charge in [0.15, 0.2) is 0 Å². The second-order valence-corrected chi connectivity index (χ2v) is 9.98. The quantitative estimate of drug-likeness (QED) is 0.744. The van der Waals surface area contributed by atoms with Crippen molar-refractivity contribution in [2.45, 2.75) is 57.9 Å². The van der Waals surface area contributed by atoms with Gasteiger partial charge in [-0.2, -0.15) is 0 Å². The lowest BCUT2D eigenvalue weighted by Crippen LogP contribution is -2.52. The van der Waals surface area contributed by atoms with Crippen LogP contribution in [0.1, 0.15) is 51.9 Å². The number of rotatable bonds is 3. The van der Waals surface area contributed by atoms with E-state index in [-0.39, 0.29) is 6.09 Å². The zero-order chi connectivity index (χ0) is 19.3. The minimum absolute atomic E-state index is 0.139. The van der Waals surface area contributed by atoms with Crippen molar-refractivity contribution in [2.75, 3.05) is 45.9 Å². The molecule has 1 spiro atoms. The van der Waals surface area contributed by atoms with E-state index in [9.17, 15) is 9.59 Å². The first-order valence-corrected chi connectivity index (χ1v) is 11.5. The summed E-state index contributed by atoms with van der Waals surface area (Å²) < 4.78 is 5.17. The molecule has 0 unspecified atom stereocenters. The van der Waals surface area contributed by atoms with E-state index in [4.69, 9.17) is 4.74 Å². The van der Waals surface area contributed by atoms with Gasteiger partial charge in [0.2, 0.25) is 5.91 Å². The normalized spacial score (nSPS) is 40.2. The van der Waals surface area contributed by atoms with Crippen LogP contribution in [0.15, 0.2) is 0 Å². The third-order valence-corrected chi connectivity index (χ3v) is 8.24. The van der Waals surface area contributed by atoms with E-state index in [1.54, 1.807) is 0 Å². The average molecular weight is 390 g/mol. The molecule has 0 N–H and O–H groups in total. The highest BCUT2D eigenvalue weighted by atomic mass is 16.6. The standard InChI is InChI=1S/C22H35N3O3/c1-2-28-21(27)24-10-7-22(15-24)11-16(12-22)25-13-17-18(14-25)19(17)20(26)23-8-5-3-4-6-9-23/h16-19H,2-15H2,1H3/t16?,17-,18+,19-,22?. The molecule has 3 heterocycles. The second-order valence-electron chi connectivity index (χ2n) is 9.98. The van der Waals surface area contributed by atoms with Gasteiger partial charge in [-0.05, 0) is 56.3 Å². The maximum Gasteiger partial charge on any atom is 0.409 e. The summed E-state index contributed by atoms with van der Waals surface area (Å²) in [4.78, 5) is 31.6. The van der Waals surface area contributed by atoms with Gasteiger partial charge in [-0.1, -0.05) is 12.8 Å². The highest BCUT2D eigenvalue weighted by Crippen LogP contribution is 2.57. The summed E-state index contributed by atoms with van der Waals surface area (Å²) in [6.45, 7) is 8.27. The van der Waals surface area contributed by atoms with Crippen LogP contribution in [0.5, 0.6) is 0 Å². The zero-order valence-electron chi connectivity index (χ0n) is 17.3. The maximum absolute atomic E-state index is 12.9. The molecule has 0 aromatic carbocycles. The fourth-order valence-electron chi connectivity index (χ4n) is 6.56. The van der Waals surface area contributed by atoms with Crippen LogP contribution in [0, 0.1) is 23.2 Å². The van der Waals surface area contributed by atoms with E-state index < -0.39 is 0 Å². The Kier molecular flexibility index (Phi) is 4.80. The van der Waals surface area contributed by atoms with Crippen molar-refractivity contribution in [3.63, 3.8) is 0 Å². The van der Waals surface area contributed by atoms with Crippen LogP contribution in [0.4, 0.5) is 4.79 Å². The molecule has 5 aliphatic rings. The summed E-state index contributed by atoms with van der Waals surface area (Å²) in [5.74, 6) is 2.02. The SMILES string of the molecule is CCOC(=O)N1CCC2(CC(N3C[C@@H]4[C@H](C3)[C@@H]4C(=O)N3CCCCCC3)C2)C1. The molecule has 156 valence electrons. The highest BCUT2D eigenvalue weighted by Gasteiger charge is 2.62. The predicted octanol–water partition coefficient (Wildman–Crippen LogP) is 2.58. The first-order chi connectivity index (χ1) is 13.6. The van der Waals surface area contributed by atoms with Gasteiger partial charge >= 0.3 is 6.09 Å². The van der Waals surface area contributed by atoms with E-state index in [1.165, 1.54) is 38.5 Å². The van der Waals surface area contributed by atoms with Crippen molar-refractivity contribution < 1.29 is 14.3 Å². The number of piperidine rings is 1. The molecule has 3 saturated heterocycles. The van der Waals surface area contributed by atoms with Crippen LogP contribution in [0.3, 0.4) is 0 Å². The number of amides is 2. The molecule has 6 heteroatoms. The Morgan fingerprint density at radius 2 is 1.64 bits per heavy atom. The monoisotopic (exact) mass is 389 g/mol. The molecule has 0 aromatic heterocycles. The summed E-state index contributed by atoms with van der Waals surface area (Å²) in [5, 5.41) is 0. The molecule has 6 nitrogen and oxygen atoms in total. The summed E-state index contributed by atoms with van der Waals surface area (Å²) >= 11 is 0. The van der Waals surface area contributed by atoms with Crippen LogP contribution >= 0.6 is 0 Å². The average Bonchev–Trinajstić information content (AvgIpc) is 2.99. The molecule has 0 bridgehead atoms. The van der Waals surface area contributed by atoms with E-state index >= 15 is 0 Å². The number of hydrogen-bond acceptors (Lipinski definition) is 4. The summed E-state index contributed by atoms with van der Waals surface area (Å²) in [7, 11) is 0. The number of likely N-dealkylation sites (tertiary alicyclic amines) is 3. The number of ether oxygens (including phenoxy) is 1. The van der Waals surface area contributed by atoms with Crippen LogP contribution in [-0.2, 0) is 9.53 Å². The van der Waals surface area contributed by atoms with Crippen molar-refractivity contribution in [1.29, 1.82) is 0 Å². The number of nitrogens with zero attached hydrogens (tertiary/aromatic N) is 3. The van der Waals surface area contributed by atoms with Crippen molar-refractivity contribution >= 4 is 12.0 Å². The minimum Gasteiger partial charge on any atom is -0.450 e. The Balaban J connectivity index is 1.08. The highest BCUT2D eigenvalue weighted by molar-refractivity contribution is 5.82. The smallest absolute Gasteiger partial charge is 0.409 e. The van der Waals surface area contributed by atoms with Gasteiger partial charge in [0.05, 0.1) is 6.61 Å². The van der Waals surface area contributed by atoms with E-state index in [1.807, 2.05) is 11.8 Å². The zero-order valence-corrected chi connectivity index (χ0v) is 17.3. The van der Waals surface area contributed by atoms with E-state index in [0.717, 1.165) is 45.7 Å². The van der Waals surface area contributed by atoms with Crippen molar-refractivity contribution in [3.8, 4) is 0 Å². The Morgan fingerprint density at radius 1 is 0.964 bits per heavy atom. The summed E-state index contributed by atoms with van der Waals surface area (Å²) in [5.41, 5.74) is 0.339. The van der Waals surface area contributed by atoms with Gasteiger partial charge in [-0.3, -0.25) is 9.69 Å². The number of carbonyl (C=O) groups is 2. The predicted molar refractivity (Wildman–Crippen MR) is 106 cm³/mol. The largest absolute Gasteiger partial charge is 0.450 e. The van der Waals surface area contributed by atoms with Gasteiger partial charge in [-0.15, -0.1) is 0 Å². The molecule has 5 rings (SSSR count). The van der Waals surface area contributed by atoms with Gasteiger partial charge < -0.3 is 14.5 Å². The number of fused-ring (bicyclic) bond motifs is 1. The minimum atomic E-state index is -0.139. The van der Waals surface area contributed by atoms with E-state index in [0.29, 0.717) is 41.7 Å². The molecular weight excluding hydrogens is 354 g/mol. The first-order valence-electron chi connectivity index (χ1n) is 11.5. The summed E-state index contributed by atoms with van der Waals surface area (Å²) in [6, 6.07) is 0.670. The Morgan fingerprint density at radius 3 is 2.29 bits per heavy atom. The van der Waals surface area contributed by atoms with Gasteiger partial charge in [-0.25, -0.2) is 4.79 Å². The molecule has 2 amide bonds. The lowest BCUT2D eigenvalue weighted by atomic mass is 9.64. The van der Waals surface area contributed by atoms with Crippen LogP contribution in [0.25, 0.3) is 0 Å².